The first-order chi connectivity index (χ1) is 3.18. The zero-order valence-electron chi connectivity index (χ0n) is 4.78. The predicted octanol–water partition coefficient (Wildman–Crippen LogP) is -0.253. The molecule has 0 radical (unpaired) electrons. The van der Waals surface area contributed by atoms with Crippen molar-refractivity contribution < 1.29 is 29.4 Å². The van der Waals surface area contributed by atoms with Crippen LogP contribution < -0.4 is 5.73 Å². The second-order valence-corrected chi connectivity index (χ2v) is 1.49. The van der Waals surface area contributed by atoms with Gasteiger partial charge < -0.3 is 10.8 Å². The maximum absolute atomic E-state index is 9.76. The molecule has 3 N–H and O–H groups in total. The predicted molar refractivity (Wildman–Crippen MR) is 36.7 cm³/mol. The van der Waals surface area contributed by atoms with Crippen molar-refractivity contribution in [3.8, 4) is 0 Å². The number of rotatable bonds is 2. The van der Waals surface area contributed by atoms with Crippen LogP contribution in [-0.4, -0.2) is 22.9 Å². The number of carboxylic acids is 1. The van der Waals surface area contributed by atoms with Crippen LogP contribution in [0.4, 0.5) is 0 Å². The van der Waals surface area contributed by atoms with Crippen LogP contribution in [0.3, 0.4) is 0 Å². The van der Waals surface area contributed by atoms with E-state index in [0.29, 0.717) is 0 Å². The summed E-state index contributed by atoms with van der Waals surface area (Å²) in [6.45, 7) is 0. The molecule has 1 atom stereocenters. The van der Waals surface area contributed by atoms with Crippen molar-refractivity contribution in [3.63, 3.8) is 0 Å². The molecule has 6 heteroatoms. The summed E-state index contributed by atoms with van der Waals surface area (Å²) in [6, 6.07) is -0.816. The number of carboxylic acid groups (broad SMARTS) is 1. The molecule has 0 aromatic carbocycles. The Labute approximate surface area is 78.0 Å². The Morgan fingerprint density at radius 2 is 2.11 bits per heavy atom. The molecule has 52 valence electrons. The van der Waals surface area contributed by atoms with Gasteiger partial charge in [0.25, 0.3) is 0 Å². The molecule has 0 spiro atoms. The molecule has 0 heterocycles. The Hall–Kier alpha value is 0.693. The van der Waals surface area contributed by atoms with Gasteiger partial charge in [-0.25, -0.2) is 0 Å². The fraction of sp³-hybridized carbons (Fsp3) is 0.667. The first kappa shape index (κ1) is 16.4. The number of carbonyl (C=O) groups is 1. The average molecular weight is 223 g/mol. The van der Waals surface area contributed by atoms with Gasteiger partial charge in [0.15, 0.2) is 0 Å². The number of thiol groups is 1. The van der Waals surface area contributed by atoms with E-state index in [0.717, 1.165) is 0 Å². The maximum Gasteiger partial charge on any atom is 0.321 e. The minimum atomic E-state index is -1.00. The number of nitrogens with two attached hydrogens (primary N) is 1. The second kappa shape index (κ2) is 8.69. The first-order valence-electron chi connectivity index (χ1n) is 1.77. The summed E-state index contributed by atoms with van der Waals surface area (Å²) < 4.78 is 0. The topological polar surface area (TPSA) is 63.3 Å². The normalized spacial score (nSPS) is 10.4. The minimum absolute atomic E-state index is 0. The molecular weight excluding hydrogens is 215 g/mol. The third kappa shape index (κ3) is 8.69. The molecule has 0 aromatic heterocycles. The summed E-state index contributed by atoms with van der Waals surface area (Å²) >= 11 is 3.65. The number of hydrogen-bond donors (Lipinski definition) is 3. The summed E-state index contributed by atoms with van der Waals surface area (Å²) in [5.41, 5.74) is 4.94. The van der Waals surface area contributed by atoms with Gasteiger partial charge in [-0.15, -0.1) is 12.4 Å². The van der Waals surface area contributed by atoms with Crippen molar-refractivity contribution >= 4 is 31.0 Å². The van der Waals surface area contributed by atoms with E-state index in [9.17, 15) is 4.79 Å². The van der Waals surface area contributed by atoms with Gasteiger partial charge in [0.2, 0.25) is 0 Å². The summed E-state index contributed by atoms with van der Waals surface area (Å²) in [4.78, 5) is 9.76. The average Bonchev–Trinajstić information content (AvgIpc) is 1.65. The second-order valence-electron chi connectivity index (χ2n) is 1.13. The van der Waals surface area contributed by atoms with Gasteiger partial charge in [0, 0.05) is 25.2 Å². The molecule has 0 fully saturated rings. The van der Waals surface area contributed by atoms with Crippen LogP contribution in [0.25, 0.3) is 0 Å². The molecule has 0 amide bonds. The van der Waals surface area contributed by atoms with E-state index >= 15 is 0 Å². The van der Waals surface area contributed by atoms with Gasteiger partial charge >= 0.3 is 5.97 Å². The van der Waals surface area contributed by atoms with Gasteiger partial charge in [-0.2, -0.15) is 12.6 Å². The van der Waals surface area contributed by atoms with Crippen molar-refractivity contribution in [2.24, 2.45) is 5.73 Å². The number of aliphatic carboxylic acids is 1. The largest absolute Gasteiger partial charge is 0.480 e. The summed E-state index contributed by atoms with van der Waals surface area (Å²) in [6.07, 6.45) is 0. The molecule has 0 saturated carbocycles. The molecule has 0 unspecified atom stereocenters. The standard InChI is InChI=1S/C3H7NO2S.ClH.Zn/c4-2(1-7)3(5)6;;/h2,7H,1,4H2,(H,5,6);1H;/t2-;;/m0../s1. The van der Waals surface area contributed by atoms with Crippen molar-refractivity contribution in [2.45, 2.75) is 6.04 Å². The Morgan fingerprint density at radius 3 is 2.11 bits per heavy atom. The van der Waals surface area contributed by atoms with Crippen molar-refractivity contribution in [3.05, 3.63) is 0 Å². The van der Waals surface area contributed by atoms with E-state index in [2.05, 4.69) is 12.6 Å². The molecule has 0 saturated heterocycles. The molecule has 0 aliphatic rings. The van der Waals surface area contributed by atoms with Gasteiger partial charge in [-0.3, -0.25) is 4.79 Å². The minimum Gasteiger partial charge on any atom is -0.480 e. The van der Waals surface area contributed by atoms with Gasteiger partial charge in [-0.05, 0) is 0 Å². The molecule has 9 heavy (non-hydrogen) atoms. The molecule has 0 aliphatic heterocycles. The SMILES string of the molecule is Cl.N[C@@H](CS)C(=O)O.[Zn]. The van der Waals surface area contributed by atoms with Crippen LogP contribution in [0.15, 0.2) is 0 Å². The van der Waals surface area contributed by atoms with Crippen LogP contribution in [-0.2, 0) is 24.3 Å². The third-order valence-electron chi connectivity index (χ3n) is 0.514. The van der Waals surface area contributed by atoms with Crippen LogP contribution in [0.5, 0.6) is 0 Å². The van der Waals surface area contributed by atoms with Crippen LogP contribution in [0.1, 0.15) is 0 Å². The molecule has 3 nitrogen and oxygen atoms in total. The quantitative estimate of drug-likeness (QED) is 0.446. The van der Waals surface area contributed by atoms with E-state index in [4.69, 9.17) is 10.8 Å². The first-order valence-corrected chi connectivity index (χ1v) is 2.41. The fourth-order valence-electron chi connectivity index (χ4n) is 0.0781. The Morgan fingerprint density at radius 1 is 1.78 bits per heavy atom. The number of halogens is 1. The molecule has 0 aliphatic carbocycles. The van der Waals surface area contributed by atoms with Crippen LogP contribution >= 0.6 is 25.0 Å². The van der Waals surface area contributed by atoms with E-state index in [1.54, 1.807) is 0 Å². The van der Waals surface area contributed by atoms with Crippen molar-refractivity contribution in [1.29, 1.82) is 0 Å². The smallest absolute Gasteiger partial charge is 0.321 e. The summed E-state index contributed by atoms with van der Waals surface area (Å²) in [5.74, 6) is -0.815. The van der Waals surface area contributed by atoms with Gasteiger partial charge in [0.1, 0.15) is 6.04 Å². The zero-order chi connectivity index (χ0) is 5.86. The Balaban J connectivity index is -0.000000180. The van der Waals surface area contributed by atoms with E-state index in [-0.39, 0.29) is 37.6 Å². The van der Waals surface area contributed by atoms with Gasteiger partial charge in [0.05, 0.1) is 0 Å². The van der Waals surface area contributed by atoms with E-state index in [1.807, 2.05) is 0 Å². The summed E-state index contributed by atoms with van der Waals surface area (Å²) in [7, 11) is 0. The number of hydrogen-bond acceptors (Lipinski definition) is 3. The van der Waals surface area contributed by atoms with Crippen LogP contribution in [0, 0.1) is 0 Å². The van der Waals surface area contributed by atoms with E-state index < -0.39 is 12.0 Å². The Bertz CT molecular complexity index is 84.2. The van der Waals surface area contributed by atoms with Gasteiger partial charge in [-0.1, -0.05) is 0 Å². The summed E-state index contributed by atoms with van der Waals surface area (Å²) in [5, 5.41) is 8.01. The maximum atomic E-state index is 9.76. The van der Waals surface area contributed by atoms with Crippen LogP contribution in [0.2, 0.25) is 0 Å². The Kier molecular flexibility index (Phi) is 15.8. The van der Waals surface area contributed by atoms with Crippen molar-refractivity contribution in [1.82, 2.24) is 0 Å². The molecular formula is C3H8ClNO2SZn. The molecule has 0 bridgehead atoms. The fourth-order valence-corrected chi connectivity index (χ4v) is 0.234. The van der Waals surface area contributed by atoms with Crippen molar-refractivity contribution in [2.75, 3.05) is 5.75 Å². The molecule has 0 rings (SSSR count). The third-order valence-corrected chi connectivity index (χ3v) is 0.907. The monoisotopic (exact) mass is 221 g/mol. The van der Waals surface area contributed by atoms with E-state index in [1.165, 1.54) is 0 Å². The molecule has 0 aromatic rings. The zero-order valence-corrected chi connectivity index (χ0v) is 9.46.